The van der Waals surface area contributed by atoms with Crippen molar-refractivity contribution in [1.29, 1.82) is 0 Å². The summed E-state index contributed by atoms with van der Waals surface area (Å²) in [6.45, 7) is 5.85. The monoisotopic (exact) mass is 422 g/mol. The van der Waals surface area contributed by atoms with Crippen molar-refractivity contribution >= 4 is 23.0 Å². The number of amides is 1. The summed E-state index contributed by atoms with van der Waals surface area (Å²) in [6, 6.07) is 6.25. The molecule has 1 amide bonds. The maximum absolute atomic E-state index is 14.4. The van der Waals surface area contributed by atoms with Crippen molar-refractivity contribution < 1.29 is 9.18 Å². The number of nitrogens with zero attached hydrogens (tertiary/aromatic N) is 4. The van der Waals surface area contributed by atoms with E-state index in [0.29, 0.717) is 11.3 Å². The Bertz CT molecular complexity index is 1020. The molecule has 3 aromatic heterocycles. The molecule has 1 fully saturated rings. The van der Waals surface area contributed by atoms with Gasteiger partial charge < -0.3 is 16.0 Å². The van der Waals surface area contributed by atoms with Crippen molar-refractivity contribution in [1.82, 2.24) is 15.0 Å². The van der Waals surface area contributed by atoms with E-state index in [1.807, 2.05) is 19.9 Å². The number of nitrogens with two attached hydrogens (primary N) is 1. The molecule has 4 heterocycles. The molecule has 7 nitrogen and oxygen atoms in total. The van der Waals surface area contributed by atoms with E-state index in [2.05, 4.69) is 25.2 Å². The summed E-state index contributed by atoms with van der Waals surface area (Å²) in [5.41, 5.74) is 7.89. The maximum atomic E-state index is 14.4. The van der Waals surface area contributed by atoms with Crippen LogP contribution < -0.4 is 16.0 Å². The predicted octanol–water partition coefficient (Wildman–Crippen LogP) is 4.53. The van der Waals surface area contributed by atoms with Crippen molar-refractivity contribution in [3.63, 3.8) is 0 Å². The molecular weight excluding hydrogens is 395 g/mol. The molecule has 0 spiro atoms. The van der Waals surface area contributed by atoms with Crippen LogP contribution in [-0.2, 0) is 0 Å². The fourth-order valence-corrected chi connectivity index (χ4v) is 3.47. The van der Waals surface area contributed by atoms with E-state index in [1.54, 1.807) is 24.5 Å². The van der Waals surface area contributed by atoms with Crippen LogP contribution in [0.25, 0.3) is 11.3 Å². The smallest absolute Gasteiger partial charge is 0.276 e. The molecule has 0 aliphatic carbocycles. The molecule has 3 N–H and O–H groups in total. The fourth-order valence-electron chi connectivity index (χ4n) is 3.47. The first kappa shape index (κ1) is 22.1. The number of piperidine rings is 1. The molecule has 0 unspecified atom stereocenters. The average molecular weight is 423 g/mol. The number of hydrogen-bond acceptors (Lipinski definition) is 6. The van der Waals surface area contributed by atoms with Crippen LogP contribution in [0.1, 0.15) is 43.6 Å². The second kappa shape index (κ2) is 10.5. The lowest BCUT2D eigenvalue weighted by Gasteiger charge is -2.30. The first-order chi connectivity index (χ1) is 15.1. The third kappa shape index (κ3) is 5.14. The van der Waals surface area contributed by atoms with Gasteiger partial charge in [-0.25, -0.2) is 9.37 Å². The van der Waals surface area contributed by atoms with Crippen LogP contribution in [-0.4, -0.2) is 33.9 Å². The van der Waals surface area contributed by atoms with Gasteiger partial charge in [-0.05, 0) is 37.5 Å². The Morgan fingerprint density at radius 1 is 1.06 bits per heavy atom. The third-order valence-corrected chi connectivity index (χ3v) is 4.92. The van der Waals surface area contributed by atoms with Crippen molar-refractivity contribution in [2.24, 2.45) is 0 Å². The number of anilines is 3. The number of halogens is 1. The molecule has 4 rings (SSSR count). The van der Waals surface area contributed by atoms with Crippen molar-refractivity contribution in [3.8, 4) is 11.3 Å². The summed E-state index contributed by atoms with van der Waals surface area (Å²) in [4.78, 5) is 27.4. The summed E-state index contributed by atoms with van der Waals surface area (Å²) < 4.78 is 14.4. The quantitative estimate of drug-likeness (QED) is 0.641. The van der Waals surface area contributed by atoms with Crippen molar-refractivity contribution in [3.05, 3.63) is 60.6 Å². The van der Waals surface area contributed by atoms with Gasteiger partial charge in [0, 0.05) is 43.3 Å². The van der Waals surface area contributed by atoms with Crippen LogP contribution in [0.15, 0.2) is 49.1 Å². The van der Waals surface area contributed by atoms with Gasteiger partial charge in [0.1, 0.15) is 5.69 Å². The number of nitrogens with one attached hydrogen (secondary N) is 1. The van der Waals surface area contributed by atoms with Crippen molar-refractivity contribution in [2.75, 3.05) is 29.0 Å². The summed E-state index contributed by atoms with van der Waals surface area (Å²) in [5.74, 6) is -1.11. The van der Waals surface area contributed by atoms with E-state index in [0.717, 1.165) is 37.7 Å². The largest absolute Gasteiger partial charge is 0.397 e. The van der Waals surface area contributed by atoms with Gasteiger partial charge in [0.2, 0.25) is 0 Å². The molecule has 162 valence electrons. The van der Waals surface area contributed by atoms with Gasteiger partial charge in [0.25, 0.3) is 5.91 Å². The predicted molar refractivity (Wildman–Crippen MR) is 121 cm³/mol. The Kier molecular flexibility index (Phi) is 7.48. The lowest BCUT2D eigenvalue weighted by molar-refractivity contribution is 0.102. The Hall–Kier alpha value is -3.55. The SMILES string of the molecule is CC.Nc1cc(F)c(-c2ccncc2)nc1C(=O)Nc1cnccc1N1CCCCC1. The van der Waals surface area contributed by atoms with E-state index in [4.69, 9.17) is 5.73 Å². The van der Waals surface area contributed by atoms with Gasteiger partial charge in [0.15, 0.2) is 11.5 Å². The molecule has 0 aromatic carbocycles. The van der Waals surface area contributed by atoms with Crippen LogP contribution in [0.5, 0.6) is 0 Å². The number of rotatable bonds is 4. The number of pyridine rings is 3. The van der Waals surface area contributed by atoms with Crippen LogP contribution >= 0.6 is 0 Å². The van der Waals surface area contributed by atoms with Crippen LogP contribution in [0, 0.1) is 5.82 Å². The van der Waals surface area contributed by atoms with E-state index in [1.165, 1.54) is 18.8 Å². The molecule has 1 aliphatic rings. The highest BCUT2D eigenvalue weighted by atomic mass is 19.1. The number of carbonyl (C=O) groups excluding carboxylic acids is 1. The molecule has 8 heteroatoms. The lowest BCUT2D eigenvalue weighted by Crippen LogP contribution is -2.30. The lowest BCUT2D eigenvalue weighted by atomic mass is 10.1. The molecule has 0 saturated carbocycles. The third-order valence-electron chi connectivity index (χ3n) is 4.92. The molecule has 0 atom stereocenters. The fraction of sp³-hybridized carbons (Fsp3) is 0.304. The first-order valence-corrected chi connectivity index (χ1v) is 10.5. The second-order valence-corrected chi connectivity index (χ2v) is 6.89. The summed E-state index contributed by atoms with van der Waals surface area (Å²) in [7, 11) is 0. The van der Waals surface area contributed by atoms with Gasteiger partial charge >= 0.3 is 0 Å². The van der Waals surface area contributed by atoms with Crippen LogP contribution in [0.2, 0.25) is 0 Å². The standard InChI is InChI=1S/C21H21FN6O.C2H6/c22-15-12-16(23)20(27-19(15)14-4-7-24-8-5-14)21(29)26-17-13-25-9-6-18(17)28-10-2-1-3-11-28;1-2/h4-9,12-13H,1-3,10-11,23H2,(H,26,29);1-2H3. The summed E-state index contributed by atoms with van der Waals surface area (Å²) in [5, 5.41) is 2.84. The number of hydrogen-bond donors (Lipinski definition) is 2. The minimum absolute atomic E-state index is 0.0266. The molecule has 1 saturated heterocycles. The average Bonchev–Trinajstić information content (AvgIpc) is 2.82. The van der Waals surface area contributed by atoms with E-state index in [-0.39, 0.29) is 17.1 Å². The molecule has 3 aromatic rings. The Morgan fingerprint density at radius 3 is 2.45 bits per heavy atom. The normalized spacial score (nSPS) is 13.2. The molecular formula is C23H27FN6O. The second-order valence-electron chi connectivity index (χ2n) is 6.89. The zero-order valence-electron chi connectivity index (χ0n) is 17.8. The zero-order chi connectivity index (χ0) is 22.2. The van der Waals surface area contributed by atoms with Crippen LogP contribution in [0.3, 0.4) is 0 Å². The highest BCUT2D eigenvalue weighted by Gasteiger charge is 2.20. The molecule has 0 radical (unpaired) electrons. The number of aromatic nitrogens is 3. The Labute approximate surface area is 181 Å². The maximum Gasteiger partial charge on any atom is 0.276 e. The minimum Gasteiger partial charge on any atom is -0.397 e. The van der Waals surface area contributed by atoms with Crippen molar-refractivity contribution in [2.45, 2.75) is 33.1 Å². The number of nitrogen functional groups attached to an aromatic ring is 1. The topological polar surface area (TPSA) is 97.0 Å². The first-order valence-electron chi connectivity index (χ1n) is 10.5. The Balaban J connectivity index is 0.00000132. The molecule has 31 heavy (non-hydrogen) atoms. The molecule has 1 aliphatic heterocycles. The number of carbonyl (C=O) groups is 1. The minimum atomic E-state index is -0.597. The van der Waals surface area contributed by atoms with E-state index < -0.39 is 11.7 Å². The summed E-state index contributed by atoms with van der Waals surface area (Å²) in [6.07, 6.45) is 9.79. The van der Waals surface area contributed by atoms with Gasteiger partial charge in [0.05, 0.1) is 23.3 Å². The van der Waals surface area contributed by atoms with E-state index in [9.17, 15) is 9.18 Å². The zero-order valence-corrected chi connectivity index (χ0v) is 17.8. The highest BCUT2D eigenvalue weighted by molar-refractivity contribution is 6.08. The van der Waals surface area contributed by atoms with E-state index >= 15 is 0 Å². The van der Waals surface area contributed by atoms with Gasteiger partial charge in [-0.1, -0.05) is 13.8 Å². The Morgan fingerprint density at radius 2 is 1.74 bits per heavy atom. The van der Waals surface area contributed by atoms with Gasteiger partial charge in [-0.2, -0.15) is 0 Å². The molecule has 0 bridgehead atoms. The summed E-state index contributed by atoms with van der Waals surface area (Å²) >= 11 is 0. The van der Waals surface area contributed by atoms with Gasteiger partial charge in [-0.15, -0.1) is 0 Å². The highest BCUT2D eigenvalue weighted by Crippen LogP contribution is 2.29. The van der Waals surface area contributed by atoms with Crippen LogP contribution in [0.4, 0.5) is 21.5 Å². The van der Waals surface area contributed by atoms with Gasteiger partial charge in [-0.3, -0.25) is 14.8 Å².